The van der Waals surface area contributed by atoms with Crippen molar-refractivity contribution in [1.82, 2.24) is 15.0 Å². The van der Waals surface area contributed by atoms with Gasteiger partial charge in [0.2, 0.25) is 0 Å². The Labute approximate surface area is 352 Å². The molecule has 2 aliphatic heterocycles. The molecular weight excluding hydrogens is 856 g/mol. The highest BCUT2D eigenvalue weighted by Crippen LogP contribution is 2.48. The molecule has 4 aromatic carbocycles. The van der Waals surface area contributed by atoms with Crippen molar-refractivity contribution >= 4 is 76.4 Å². The third kappa shape index (κ3) is 6.68. The number of nitrogens with zero attached hydrogens (tertiary/aromatic N) is 2. The number of hydrogen-bond acceptors (Lipinski definition) is 6. The van der Waals surface area contributed by atoms with E-state index in [0.717, 1.165) is 117 Å². The molecule has 9 rings (SSSR count). The minimum atomic E-state index is 0.685. The van der Waals surface area contributed by atoms with Crippen LogP contribution in [0, 0.1) is 0 Å². The van der Waals surface area contributed by atoms with E-state index in [1.807, 2.05) is 48.5 Å². The first-order valence-electron chi connectivity index (χ1n) is 18.5. The molecule has 0 fully saturated rings. The Bertz CT molecular complexity index is 2930. The van der Waals surface area contributed by atoms with Gasteiger partial charge in [-0.1, -0.05) is 48.5 Å². The number of aromatic amines is 2. The SMILES string of the molecule is COc1ccc(-c2c3nc(c(-c4ccc(OC)cc4)c4ccc([nH]4)c(-c4ccc(OC)cc4)c4c(Br)c(c(-c5ccc(OC)cc5)c5ccc2[nH]5)N=C4Br)C=C3)cc1. The van der Waals surface area contributed by atoms with Crippen LogP contribution < -0.4 is 18.9 Å². The molecular formula is C48H36Br2N4O4. The van der Waals surface area contributed by atoms with E-state index >= 15 is 0 Å². The Morgan fingerprint density at radius 3 is 1.10 bits per heavy atom. The molecule has 0 spiro atoms. The van der Waals surface area contributed by atoms with Gasteiger partial charge in [-0.05, 0) is 139 Å². The van der Waals surface area contributed by atoms with Crippen molar-refractivity contribution in [1.29, 1.82) is 0 Å². The molecule has 8 bridgehead atoms. The quantitative estimate of drug-likeness (QED) is 0.158. The molecule has 0 unspecified atom stereocenters. The molecule has 0 atom stereocenters. The van der Waals surface area contributed by atoms with Crippen LogP contribution in [0.25, 0.3) is 78.7 Å². The fraction of sp³-hybridized carbons (Fsp3) is 0.0833. The van der Waals surface area contributed by atoms with Crippen molar-refractivity contribution in [3.63, 3.8) is 0 Å². The first kappa shape index (κ1) is 37.2. The van der Waals surface area contributed by atoms with Gasteiger partial charge >= 0.3 is 0 Å². The minimum Gasteiger partial charge on any atom is -0.497 e. The van der Waals surface area contributed by atoms with Gasteiger partial charge in [-0.3, -0.25) is 0 Å². The van der Waals surface area contributed by atoms with Gasteiger partial charge in [0, 0.05) is 49.9 Å². The van der Waals surface area contributed by atoms with Crippen molar-refractivity contribution in [3.05, 3.63) is 143 Å². The van der Waals surface area contributed by atoms with Crippen LogP contribution in [0.3, 0.4) is 0 Å². The maximum absolute atomic E-state index is 5.56. The lowest BCUT2D eigenvalue weighted by molar-refractivity contribution is 0.415. The van der Waals surface area contributed by atoms with Gasteiger partial charge in [-0.15, -0.1) is 0 Å². The Morgan fingerprint density at radius 2 is 0.724 bits per heavy atom. The summed E-state index contributed by atoms with van der Waals surface area (Å²) in [5, 5.41) is 0. The maximum atomic E-state index is 5.56. The van der Waals surface area contributed by atoms with Gasteiger partial charge in [0.25, 0.3) is 0 Å². The van der Waals surface area contributed by atoms with E-state index in [9.17, 15) is 0 Å². The number of halogens is 2. The van der Waals surface area contributed by atoms with Crippen molar-refractivity contribution < 1.29 is 18.9 Å². The lowest BCUT2D eigenvalue weighted by Gasteiger charge is -2.10. The molecule has 0 saturated carbocycles. The van der Waals surface area contributed by atoms with E-state index in [2.05, 4.69) is 127 Å². The number of nitrogens with one attached hydrogen (secondary N) is 2. The Kier molecular flexibility index (Phi) is 9.97. The molecule has 8 nitrogen and oxygen atoms in total. The van der Waals surface area contributed by atoms with E-state index < -0.39 is 0 Å². The summed E-state index contributed by atoms with van der Waals surface area (Å²) in [4.78, 5) is 18.3. The number of fused-ring (bicyclic) bond motifs is 8. The highest BCUT2D eigenvalue weighted by atomic mass is 79.9. The summed E-state index contributed by atoms with van der Waals surface area (Å²) in [6.45, 7) is 0. The smallest absolute Gasteiger partial charge is 0.118 e. The Hall–Kier alpha value is -6.36. The van der Waals surface area contributed by atoms with Crippen molar-refractivity contribution in [3.8, 4) is 67.5 Å². The molecule has 0 saturated heterocycles. The molecule has 10 heteroatoms. The highest BCUT2D eigenvalue weighted by Gasteiger charge is 2.25. The summed E-state index contributed by atoms with van der Waals surface area (Å²) in [6, 6.07) is 40.7. The van der Waals surface area contributed by atoms with Gasteiger partial charge in [0.05, 0.1) is 50.0 Å². The normalized spacial score (nSPS) is 12.0. The van der Waals surface area contributed by atoms with E-state index in [0.29, 0.717) is 4.62 Å². The maximum Gasteiger partial charge on any atom is 0.118 e. The van der Waals surface area contributed by atoms with Crippen LogP contribution in [0.15, 0.2) is 131 Å². The number of ether oxygens (including phenoxy) is 4. The molecule has 3 aromatic heterocycles. The topological polar surface area (TPSA) is 93.8 Å². The van der Waals surface area contributed by atoms with Gasteiger partial charge in [0.15, 0.2) is 0 Å². The minimum absolute atomic E-state index is 0.685. The van der Waals surface area contributed by atoms with Crippen LogP contribution in [0.1, 0.15) is 17.0 Å². The second kappa shape index (κ2) is 15.5. The Morgan fingerprint density at radius 1 is 0.397 bits per heavy atom. The molecule has 286 valence electrons. The number of H-pyrrole nitrogens is 2. The third-order valence-corrected chi connectivity index (χ3v) is 11.8. The molecule has 58 heavy (non-hydrogen) atoms. The van der Waals surface area contributed by atoms with Crippen LogP contribution in [0.2, 0.25) is 0 Å². The fourth-order valence-electron chi connectivity index (χ4n) is 7.57. The lowest BCUT2D eigenvalue weighted by Crippen LogP contribution is -1.93. The number of aliphatic imine (C=N–C) groups is 1. The van der Waals surface area contributed by atoms with E-state index in [1.54, 1.807) is 28.4 Å². The summed E-state index contributed by atoms with van der Waals surface area (Å²) in [6.07, 6.45) is 4.17. The summed E-state index contributed by atoms with van der Waals surface area (Å²) in [5.74, 6) is 3.07. The Balaban J connectivity index is 1.48. The predicted molar refractivity (Wildman–Crippen MR) is 243 cm³/mol. The predicted octanol–water partition coefficient (Wildman–Crippen LogP) is 13.0. The molecule has 2 aliphatic rings. The van der Waals surface area contributed by atoms with E-state index in [1.165, 1.54) is 0 Å². The van der Waals surface area contributed by atoms with Crippen LogP contribution >= 0.6 is 31.9 Å². The number of rotatable bonds is 8. The monoisotopic (exact) mass is 890 g/mol. The highest BCUT2D eigenvalue weighted by molar-refractivity contribution is 9.18. The molecule has 7 aromatic rings. The molecule has 0 amide bonds. The van der Waals surface area contributed by atoms with Crippen LogP contribution in [0.4, 0.5) is 5.69 Å². The average molecular weight is 893 g/mol. The number of hydrogen-bond donors (Lipinski definition) is 2. The van der Waals surface area contributed by atoms with Gasteiger partial charge < -0.3 is 28.9 Å². The first-order chi connectivity index (χ1) is 28.4. The van der Waals surface area contributed by atoms with Gasteiger partial charge in [-0.2, -0.15) is 0 Å². The second-order valence-electron chi connectivity index (χ2n) is 13.6. The van der Waals surface area contributed by atoms with Crippen molar-refractivity contribution in [2.75, 3.05) is 28.4 Å². The second-order valence-corrected chi connectivity index (χ2v) is 15.2. The summed E-state index contributed by atoms with van der Waals surface area (Å²) in [5.41, 5.74) is 14.5. The molecule has 0 radical (unpaired) electrons. The number of benzene rings is 4. The largest absolute Gasteiger partial charge is 0.497 e. The summed E-state index contributed by atoms with van der Waals surface area (Å²) >= 11 is 8.02. The van der Waals surface area contributed by atoms with E-state index in [4.69, 9.17) is 28.9 Å². The average Bonchev–Trinajstić information content (AvgIpc) is 4.10. The van der Waals surface area contributed by atoms with Gasteiger partial charge in [0.1, 0.15) is 27.6 Å². The number of methoxy groups -OCH3 is 4. The summed E-state index contributed by atoms with van der Waals surface area (Å²) < 4.78 is 23.7. The van der Waals surface area contributed by atoms with Gasteiger partial charge in [-0.25, -0.2) is 9.98 Å². The summed E-state index contributed by atoms with van der Waals surface area (Å²) in [7, 11) is 6.69. The zero-order valence-corrected chi connectivity index (χ0v) is 35.2. The van der Waals surface area contributed by atoms with Crippen molar-refractivity contribution in [2.45, 2.75) is 0 Å². The standard InChI is InChI=1S/C48H36Br2N4O4/c1-55-31-13-5-27(6-14-31)41-35-21-22-36(51-35)42(28-7-15-32(56-2)16-8-28)38-24-26-40(53-38)44(30-11-19-34(58-4)20-12-30)47-46(49)45(48(50)54-47)43(39-25-23-37(41)52-39)29-9-17-33(57-3)18-10-29/h5-26,52-53H,1-4H3. The molecule has 2 N–H and O–H groups in total. The molecule has 5 heterocycles. The fourth-order valence-corrected chi connectivity index (χ4v) is 9.09. The first-order valence-corrected chi connectivity index (χ1v) is 20.1. The molecule has 0 aliphatic carbocycles. The van der Waals surface area contributed by atoms with Crippen LogP contribution in [0.5, 0.6) is 23.0 Å². The van der Waals surface area contributed by atoms with Crippen LogP contribution in [-0.4, -0.2) is 48.0 Å². The van der Waals surface area contributed by atoms with E-state index in [-0.39, 0.29) is 0 Å². The zero-order valence-electron chi connectivity index (χ0n) is 32.0. The number of aromatic nitrogens is 3. The lowest BCUT2D eigenvalue weighted by atomic mass is 10.00. The third-order valence-electron chi connectivity index (χ3n) is 10.4. The van der Waals surface area contributed by atoms with Crippen LogP contribution in [-0.2, 0) is 0 Å². The van der Waals surface area contributed by atoms with Crippen molar-refractivity contribution in [2.24, 2.45) is 4.99 Å². The zero-order chi connectivity index (χ0) is 39.9.